The van der Waals surface area contributed by atoms with Crippen LogP contribution in [0.2, 0.25) is 0 Å². The molecular weight excluding hydrogens is 456 g/mol. The van der Waals surface area contributed by atoms with E-state index in [1.54, 1.807) is 18.2 Å². The summed E-state index contributed by atoms with van der Waals surface area (Å²) in [5.74, 6) is 1.13. The van der Waals surface area contributed by atoms with Crippen molar-refractivity contribution in [3.63, 3.8) is 0 Å². The molecule has 12 nitrogen and oxygen atoms in total. The van der Waals surface area contributed by atoms with E-state index in [1.165, 1.54) is 19.2 Å². The molecule has 2 atom stereocenters. The van der Waals surface area contributed by atoms with Crippen LogP contribution < -0.4 is 19.1 Å². The summed E-state index contributed by atoms with van der Waals surface area (Å²) in [6.07, 6.45) is 0. The second-order valence-corrected chi connectivity index (χ2v) is 7.68. The summed E-state index contributed by atoms with van der Waals surface area (Å²) in [5, 5.41) is 13.5. The lowest BCUT2D eigenvalue weighted by Crippen LogP contribution is -2.39. The molecule has 0 spiro atoms. The number of carbonyl (C=O) groups is 2. The first-order valence-electron chi connectivity index (χ1n) is 10.9. The summed E-state index contributed by atoms with van der Waals surface area (Å²) in [7, 11) is 2.98. The number of amides is 2. The van der Waals surface area contributed by atoms with Gasteiger partial charge in [0.1, 0.15) is 12.3 Å². The molecule has 1 fully saturated rings. The van der Waals surface area contributed by atoms with Crippen LogP contribution >= 0.6 is 0 Å². The summed E-state index contributed by atoms with van der Waals surface area (Å²) in [4.78, 5) is 31.8. The summed E-state index contributed by atoms with van der Waals surface area (Å²) in [5.41, 5.74) is 1.03. The zero-order chi connectivity index (χ0) is 24.5. The Balaban J connectivity index is 1.36. The molecule has 0 saturated carbocycles. The van der Waals surface area contributed by atoms with Gasteiger partial charge >= 0.3 is 0 Å². The number of hydrogen-bond acceptors (Lipinski definition) is 11. The van der Waals surface area contributed by atoms with Crippen LogP contribution in [-0.4, -0.2) is 59.9 Å². The number of imide groups is 1. The van der Waals surface area contributed by atoms with Gasteiger partial charge in [0, 0.05) is 6.07 Å². The van der Waals surface area contributed by atoms with Gasteiger partial charge in [-0.1, -0.05) is 22.5 Å². The molecule has 0 aliphatic carbocycles. The molecule has 12 heteroatoms. The van der Waals surface area contributed by atoms with E-state index in [-0.39, 0.29) is 12.4 Å². The first kappa shape index (κ1) is 22.3. The number of anilines is 1. The third-order valence-electron chi connectivity index (χ3n) is 5.68. The van der Waals surface area contributed by atoms with Crippen LogP contribution in [0.4, 0.5) is 5.69 Å². The number of methoxy groups -OCH3 is 2. The highest BCUT2D eigenvalue weighted by atomic mass is 16.5. The maximum absolute atomic E-state index is 13.3. The molecule has 2 aliphatic heterocycles. The number of ether oxygens (including phenoxy) is 3. The van der Waals surface area contributed by atoms with Crippen LogP contribution in [0.1, 0.15) is 12.8 Å². The lowest BCUT2D eigenvalue weighted by molar-refractivity contribution is -0.123. The minimum atomic E-state index is -0.961. The number of carbonyl (C=O) groups excluding carboxylic acids is 2. The zero-order valence-corrected chi connectivity index (χ0v) is 19.2. The van der Waals surface area contributed by atoms with Crippen LogP contribution in [0.15, 0.2) is 57.3 Å². The number of hydrogen-bond donors (Lipinski definition) is 0. The van der Waals surface area contributed by atoms with E-state index in [1.807, 2.05) is 31.2 Å². The largest absolute Gasteiger partial charge is 0.493 e. The molecule has 0 N–H and O–H groups in total. The molecule has 2 aliphatic rings. The van der Waals surface area contributed by atoms with Gasteiger partial charge < -0.3 is 18.7 Å². The van der Waals surface area contributed by atoms with E-state index in [0.717, 1.165) is 4.90 Å². The molecule has 5 rings (SSSR count). The van der Waals surface area contributed by atoms with Crippen molar-refractivity contribution in [1.29, 1.82) is 0 Å². The second kappa shape index (κ2) is 9.05. The molecule has 3 heterocycles. The van der Waals surface area contributed by atoms with E-state index in [4.69, 9.17) is 18.7 Å². The fourth-order valence-corrected chi connectivity index (χ4v) is 4.07. The highest BCUT2D eigenvalue weighted by molar-refractivity contribution is 6.25. The van der Waals surface area contributed by atoms with Gasteiger partial charge in [0.15, 0.2) is 23.6 Å². The number of para-hydroxylation sites is 1. The molecular formula is C23H22N6O6. The number of fused-ring (bicyclic) bond motifs is 1. The van der Waals surface area contributed by atoms with Crippen LogP contribution in [0.25, 0.3) is 11.4 Å². The van der Waals surface area contributed by atoms with Gasteiger partial charge in [0.05, 0.1) is 32.1 Å². The molecule has 2 amide bonds. The van der Waals surface area contributed by atoms with Gasteiger partial charge in [-0.2, -0.15) is 10.1 Å². The normalized spacial score (nSPS) is 18.8. The Morgan fingerprint density at radius 3 is 2.57 bits per heavy atom. The average Bonchev–Trinajstić information content (AvgIpc) is 3.57. The lowest BCUT2D eigenvalue weighted by Gasteiger charge is -2.20. The van der Waals surface area contributed by atoms with Gasteiger partial charge in [0.25, 0.3) is 11.8 Å². The Morgan fingerprint density at radius 1 is 1.00 bits per heavy atom. The van der Waals surface area contributed by atoms with Crippen molar-refractivity contribution in [3.8, 4) is 28.6 Å². The minimum absolute atomic E-state index is 0.00720. The number of rotatable bonds is 8. The fraction of sp³-hybridized carbons (Fsp3) is 0.304. The van der Waals surface area contributed by atoms with E-state index in [9.17, 15) is 9.59 Å². The van der Waals surface area contributed by atoms with Crippen molar-refractivity contribution in [1.82, 2.24) is 15.1 Å². The summed E-state index contributed by atoms with van der Waals surface area (Å²) >= 11 is 0. The molecule has 180 valence electrons. The van der Waals surface area contributed by atoms with Crippen LogP contribution in [0.3, 0.4) is 0 Å². The molecule has 35 heavy (non-hydrogen) atoms. The highest BCUT2D eigenvalue weighted by Gasteiger charge is 2.55. The average molecular weight is 478 g/mol. The monoisotopic (exact) mass is 478 g/mol. The first-order valence-corrected chi connectivity index (χ1v) is 10.9. The molecule has 2 aromatic carbocycles. The molecule has 0 radical (unpaired) electrons. The van der Waals surface area contributed by atoms with Crippen molar-refractivity contribution >= 4 is 17.5 Å². The maximum atomic E-state index is 13.3. The van der Waals surface area contributed by atoms with Crippen LogP contribution in [0, 0.1) is 0 Å². The van der Waals surface area contributed by atoms with Gasteiger partial charge in [-0.3, -0.25) is 14.6 Å². The maximum Gasteiger partial charge on any atom is 0.263 e. The molecule has 0 unspecified atom stereocenters. The standard InChI is InChI=1S/C23H22N6O6/c1-4-34-15-8-6-5-7-14(15)21-24-18(35-26-21)12-28-20-19(25-27-28)22(30)29(23(20)31)13-9-10-16(32-2)17(11-13)33-3/h5-11,19-20H,4,12H2,1-3H3/t19-,20-/m0/s1. The molecule has 3 aromatic rings. The Labute approximate surface area is 200 Å². The Bertz CT molecular complexity index is 1310. The van der Waals surface area contributed by atoms with Gasteiger partial charge in [-0.25, -0.2) is 4.90 Å². The Morgan fingerprint density at radius 2 is 1.80 bits per heavy atom. The predicted octanol–water partition coefficient (Wildman–Crippen LogP) is 2.65. The summed E-state index contributed by atoms with van der Waals surface area (Å²) in [6.45, 7) is 2.39. The van der Waals surface area contributed by atoms with Gasteiger partial charge in [0.2, 0.25) is 11.7 Å². The lowest BCUT2D eigenvalue weighted by atomic mass is 10.1. The fourth-order valence-electron chi connectivity index (χ4n) is 4.07. The van der Waals surface area contributed by atoms with E-state index < -0.39 is 23.9 Å². The molecule has 1 saturated heterocycles. The van der Waals surface area contributed by atoms with Crippen molar-refractivity contribution < 1.29 is 28.3 Å². The van der Waals surface area contributed by atoms with E-state index >= 15 is 0 Å². The highest BCUT2D eigenvalue weighted by Crippen LogP contribution is 2.37. The number of benzene rings is 2. The van der Waals surface area contributed by atoms with Crippen molar-refractivity contribution in [2.45, 2.75) is 25.6 Å². The smallest absolute Gasteiger partial charge is 0.263 e. The predicted molar refractivity (Wildman–Crippen MR) is 121 cm³/mol. The van der Waals surface area contributed by atoms with Crippen molar-refractivity contribution in [2.24, 2.45) is 10.3 Å². The summed E-state index contributed by atoms with van der Waals surface area (Å²) < 4.78 is 21.6. The Hall–Kier alpha value is -4.48. The van der Waals surface area contributed by atoms with Gasteiger partial charge in [-0.05, 0) is 31.2 Å². The Kier molecular flexibility index (Phi) is 5.77. The topological polar surface area (TPSA) is 132 Å². The van der Waals surface area contributed by atoms with Crippen LogP contribution in [-0.2, 0) is 16.1 Å². The second-order valence-electron chi connectivity index (χ2n) is 7.68. The van der Waals surface area contributed by atoms with Crippen LogP contribution in [0.5, 0.6) is 17.2 Å². The number of aromatic nitrogens is 2. The molecule has 1 aromatic heterocycles. The molecule has 0 bridgehead atoms. The van der Waals surface area contributed by atoms with E-state index in [0.29, 0.717) is 40.9 Å². The van der Waals surface area contributed by atoms with Gasteiger partial charge in [-0.15, -0.1) is 0 Å². The first-order chi connectivity index (χ1) is 17.0. The summed E-state index contributed by atoms with van der Waals surface area (Å²) in [6, 6.07) is 10.3. The van der Waals surface area contributed by atoms with E-state index in [2.05, 4.69) is 20.5 Å². The van der Waals surface area contributed by atoms with Crippen molar-refractivity contribution in [3.05, 3.63) is 48.4 Å². The zero-order valence-electron chi connectivity index (χ0n) is 19.2. The quantitative estimate of drug-likeness (QED) is 0.448. The SMILES string of the molecule is CCOc1ccccc1-c1noc(CN2N=N[C@@H]3C(=O)N(c4ccc(OC)c(OC)c4)C(=O)[C@H]32)n1. The third kappa shape index (κ3) is 3.82. The third-order valence-corrected chi connectivity index (χ3v) is 5.68. The van der Waals surface area contributed by atoms with Crippen molar-refractivity contribution in [2.75, 3.05) is 25.7 Å². The number of nitrogens with zero attached hydrogens (tertiary/aromatic N) is 6. The minimum Gasteiger partial charge on any atom is -0.493 e.